The number of carbonyl (C=O) groups excluding carboxylic acids is 1. The molecule has 5 rings (SSSR count). The van der Waals surface area contributed by atoms with Gasteiger partial charge in [-0.2, -0.15) is 4.31 Å². The molecule has 0 aliphatic carbocycles. The van der Waals surface area contributed by atoms with E-state index in [-0.39, 0.29) is 30.9 Å². The number of morpholine rings is 1. The van der Waals surface area contributed by atoms with E-state index in [4.69, 9.17) is 4.74 Å². The lowest BCUT2D eigenvalue weighted by molar-refractivity contribution is -0.146. The molecule has 0 saturated carbocycles. The van der Waals surface area contributed by atoms with Crippen molar-refractivity contribution in [3.05, 3.63) is 76.5 Å². The number of nitrogens with one attached hydrogen (secondary N) is 1. The first-order valence-corrected chi connectivity index (χ1v) is 16.7. The highest BCUT2D eigenvalue weighted by Gasteiger charge is 2.47. The number of rotatable bonds is 9. The number of likely N-dealkylation sites (tertiary alicyclic amines) is 1. The highest BCUT2D eigenvalue weighted by atomic mass is 32.2. The van der Waals surface area contributed by atoms with Crippen molar-refractivity contribution >= 4 is 32.4 Å². The van der Waals surface area contributed by atoms with Crippen LogP contribution in [0, 0.1) is 18.7 Å². The molecule has 2 saturated heterocycles. The number of carbonyl (C=O) groups is 1. The van der Waals surface area contributed by atoms with Gasteiger partial charge in [0.15, 0.2) is 5.13 Å². The van der Waals surface area contributed by atoms with Crippen LogP contribution in [0.1, 0.15) is 49.1 Å². The van der Waals surface area contributed by atoms with Crippen LogP contribution in [0.5, 0.6) is 0 Å². The number of hydrogen-bond acceptors (Lipinski definition) is 7. The molecule has 1 N–H and O–H groups in total. The van der Waals surface area contributed by atoms with Gasteiger partial charge in [0.1, 0.15) is 5.82 Å². The van der Waals surface area contributed by atoms with Gasteiger partial charge in [-0.3, -0.25) is 9.69 Å². The van der Waals surface area contributed by atoms with Crippen LogP contribution in [0.2, 0.25) is 0 Å². The number of nitrogens with zero attached hydrogens (tertiary/aromatic N) is 3. The summed E-state index contributed by atoms with van der Waals surface area (Å²) in [6, 6.07) is 13.1. The number of hydrogen-bond donors (Lipinski definition) is 1. The zero-order valence-corrected chi connectivity index (χ0v) is 26.0. The molecule has 2 fully saturated rings. The van der Waals surface area contributed by atoms with Gasteiger partial charge in [0, 0.05) is 36.6 Å². The number of thiazole rings is 1. The van der Waals surface area contributed by atoms with Crippen molar-refractivity contribution < 1.29 is 22.3 Å². The molecule has 11 heteroatoms. The van der Waals surface area contributed by atoms with Crippen molar-refractivity contribution in [1.29, 1.82) is 0 Å². The highest BCUT2D eigenvalue weighted by Crippen LogP contribution is 2.35. The molecule has 1 aromatic heterocycles. The number of aryl methyl sites for hydroxylation is 1. The Labute approximate surface area is 252 Å². The molecule has 2 atom stereocenters. The summed E-state index contributed by atoms with van der Waals surface area (Å²) in [4.78, 5) is 20.7. The summed E-state index contributed by atoms with van der Waals surface area (Å²) < 4.78 is 49.1. The molecule has 0 bridgehead atoms. The molecule has 2 aliphatic rings. The Kier molecular flexibility index (Phi) is 9.44. The molecule has 3 heterocycles. The number of amides is 1. The van der Waals surface area contributed by atoms with Crippen molar-refractivity contribution in [2.24, 2.45) is 5.92 Å². The van der Waals surface area contributed by atoms with E-state index in [2.05, 4.69) is 24.1 Å². The van der Waals surface area contributed by atoms with Gasteiger partial charge in [0.2, 0.25) is 15.9 Å². The summed E-state index contributed by atoms with van der Waals surface area (Å²) in [5, 5.41) is 3.42. The van der Waals surface area contributed by atoms with E-state index in [1.54, 1.807) is 34.8 Å². The number of benzene rings is 2. The topological polar surface area (TPSA) is 91.8 Å². The largest absolute Gasteiger partial charge is 0.371 e. The fraction of sp³-hybridized carbons (Fsp3) is 0.484. The Hall–Kier alpha value is -2.70. The third-order valence-corrected chi connectivity index (χ3v) is 10.7. The summed E-state index contributed by atoms with van der Waals surface area (Å²) >= 11 is 1.40. The first-order chi connectivity index (χ1) is 20.0. The SMILES string of the molecule is Cc1ccc(S(=O)(=O)N2C[C@@]3(CCCN(CC(=O)Nc4ncc(Cc5ccc(F)cc5)s4)C3)OC[C@@H]2CC(C)C)cc1. The minimum absolute atomic E-state index is 0.165. The summed E-state index contributed by atoms with van der Waals surface area (Å²) in [5.74, 6) is -0.130. The number of halogens is 1. The minimum Gasteiger partial charge on any atom is -0.371 e. The van der Waals surface area contributed by atoms with Crippen molar-refractivity contribution in [1.82, 2.24) is 14.2 Å². The maximum absolute atomic E-state index is 13.9. The zero-order valence-electron chi connectivity index (χ0n) is 24.4. The maximum Gasteiger partial charge on any atom is 0.243 e. The molecule has 0 unspecified atom stereocenters. The summed E-state index contributed by atoms with van der Waals surface area (Å²) in [6.07, 6.45) is 4.59. The second kappa shape index (κ2) is 12.9. The zero-order chi connectivity index (χ0) is 29.9. The molecule has 226 valence electrons. The molecule has 8 nitrogen and oxygen atoms in total. The lowest BCUT2D eigenvalue weighted by Crippen LogP contribution is -2.64. The van der Waals surface area contributed by atoms with Crippen LogP contribution in [0.15, 0.2) is 59.6 Å². The van der Waals surface area contributed by atoms with Crippen molar-refractivity contribution in [2.45, 2.75) is 63.0 Å². The molecular weight excluding hydrogens is 575 g/mol. The van der Waals surface area contributed by atoms with Gasteiger partial charge in [-0.1, -0.05) is 43.7 Å². The Balaban J connectivity index is 1.23. The van der Waals surface area contributed by atoms with Crippen LogP contribution in [0.3, 0.4) is 0 Å². The van der Waals surface area contributed by atoms with E-state index < -0.39 is 15.6 Å². The minimum atomic E-state index is -3.72. The van der Waals surface area contributed by atoms with Gasteiger partial charge in [-0.25, -0.2) is 17.8 Å². The van der Waals surface area contributed by atoms with Crippen LogP contribution in [0.25, 0.3) is 0 Å². The number of sulfonamides is 1. The molecular formula is C31H39FN4O4S2. The van der Waals surface area contributed by atoms with Crippen molar-refractivity contribution in [2.75, 3.05) is 38.1 Å². The summed E-state index contributed by atoms with van der Waals surface area (Å²) in [5.41, 5.74) is 1.31. The maximum atomic E-state index is 13.9. The van der Waals surface area contributed by atoms with E-state index in [1.165, 1.54) is 23.5 Å². The van der Waals surface area contributed by atoms with Crippen molar-refractivity contribution in [3.63, 3.8) is 0 Å². The summed E-state index contributed by atoms with van der Waals surface area (Å²) in [7, 11) is -3.72. The van der Waals surface area contributed by atoms with E-state index in [1.807, 2.05) is 24.0 Å². The lowest BCUT2D eigenvalue weighted by Gasteiger charge is -2.50. The fourth-order valence-electron chi connectivity index (χ4n) is 5.86. The van der Waals surface area contributed by atoms with E-state index in [9.17, 15) is 17.6 Å². The lowest BCUT2D eigenvalue weighted by atomic mass is 9.89. The van der Waals surface area contributed by atoms with Crippen LogP contribution in [-0.4, -0.2) is 72.9 Å². The Morgan fingerprint density at radius 1 is 1.17 bits per heavy atom. The molecule has 1 amide bonds. The van der Waals surface area contributed by atoms with Crippen LogP contribution >= 0.6 is 11.3 Å². The second-order valence-electron chi connectivity index (χ2n) is 11.9. The van der Waals surface area contributed by atoms with Crippen LogP contribution < -0.4 is 5.32 Å². The van der Waals surface area contributed by atoms with E-state index >= 15 is 0 Å². The number of anilines is 1. The fourth-order valence-corrected chi connectivity index (χ4v) is 8.41. The van der Waals surface area contributed by atoms with Gasteiger partial charge >= 0.3 is 0 Å². The Morgan fingerprint density at radius 2 is 1.90 bits per heavy atom. The molecule has 3 aromatic rings. The van der Waals surface area contributed by atoms with Crippen LogP contribution in [0.4, 0.5) is 9.52 Å². The standard InChI is InChI=1S/C31H39FN4O4S2/c1-22(2)15-26-19-40-31(21-36(26)42(38,39)28-11-5-23(3)6-12-28)13-4-14-35(20-31)18-29(37)34-30-33-17-27(41-30)16-24-7-9-25(32)10-8-24/h5-12,17,22,26H,4,13-16,18-21H2,1-3H3,(H,33,34,37)/t26-,31-/m0/s1. The highest BCUT2D eigenvalue weighted by molar-refractivity contribution is 7.89. The number of ether oxygens (including phenoxy) is 1. The normalized spacial score (nSPS) is 22.1. The third-order valence-electron chi connectivity index (χ3n) is 7.88. The van der Waals surface area contributed by atoms with Gasteiger partial charge in [-0.15, -0.1) is 11.3 Å². The smallest absolute Gasteiger partial charge is 0.243 e. The van der Waals surface area contributed by atoms with Gasteiger partial charge in [-0.05, 0) is 68.5 Å². The van der Waals surface area contributed by atoms with Gasteiger partial charge in [0.25, 0.3) is 0 Å². The molecule has 42 heavy (non-hydrogen) atoms. The summed E-state index contributed by atoms with van der Waals surface area (Å²) in [6.45, 7) is 8.09. The first kappa shape index (κ1) is 30.7. The second-order valence-corrected chi connectivity index (χ2v) is 14.9. The number of piperidine rings is 1. The van der Waals surface area contributed by atoms with Gasteiger partial charge < -0.3 is 10.1 Å². The molecule has 2 aromatic carbocycles. The predicted molar refractivity (Wildman–Crippen MR) is 163 cm³/mol. The Morgan fingerprint density at radius 3 is 2.62 bits per heavy atom. The number of aromatic nitrogens is 1. The van der Waals surface area contributed by atoms with Crippen LogP contribution in [-0.2, 0) is 26.0 Å². The quantitative estimate of drug-likeness (QED) is 0.361. The van der Waals surface area contributed by atoms with Gasteiger partial charge in [0.05, 0.1) is 23.6 Å². The molecule has 1 spiro atoms. The Bertz CT molecular complexity index is 1480. The average molecular weight is 615 g/mol. The van der Waals surface area contributed by atoms with E-state index in [0.717, 1.165) is 35.4 Å². The average Bonchev–Trinajstić information content (AvgIpc) is 3.37. The third kappa shape index (κ3) is 7.44. The predicted octanol–water partition coefficient (Wildman–Crippen LogP) is 5.09. The van der Waals surface area contributed by atoms with Crippen molar-refractivity contribution in [3.8, 4) is 0 Å². The first-order valence-electron chi connectivity index (χ1n) is 14.5. The monoisotopic (exact) mass is 614 g/mol. The molecule has 2 aliphatic heterocycles. The van der Waals surface area contributed by atoms with E-state index in [0.29, 0.717) is 41.9 Å². The molecule has 0 radical (unpaired) electrons.